The molecule has 1 aromatic carbocycles. The number of aromatic nitrogens is 3. The maximum absolute atomic E-state index is 13.2. The SMILES string of the molecule is O=C(Nc1cc2c(cc1N1CCOCC1)C(=O)N([C@@H]1CCOC1)C2)c1cnn2cccnc12. The maximum Gasteiger partial charge on any atom is 0.261 e. The molecule has 33 heavy (non-hydrogen) atoms. The Bertz CT molecular complexity index is 1230. The van der Waals surface area contributed by atoms with Gasteiger partial charge in [0.25, 0.3) is 11.8 Å². The Morgan fingerprint density at radius 2 is 2.03 bits per heavy atom. The summed E-state index contributed by atoms with van der Waals surface area (Å²) in [5.74, 6) is -0.261. The molecule has 10 heteroatoms. The van der Waals surface area contributed by atoms with Crippen LogP contribution in [0.5, 0.6) is 0 Å². The molecular weight excluding hydrogens is 424 g/mol. The van der Waals surface area contributed by atoms with Crippen LogP contribution in [-0.4, -0.2) is 76.9 Å². The molecular formula is C23H24N6O4. The summed E-state index contributed by atoms with van der Waals surface area (Å²) in [6.45, 7) is 4.35. The molecule has 170 valence electrons. The first kappa shape index (κ1) is 20.1. The molecule has 2 aromatic heterocycles. The van der Waals surface area contributed by atoms with Crippen molar-refractivity contribution in [2.75, 3.05) is 49.7 Å². The van der Waals surface area contributed by atoms with Crippen LogP contribution in [0.1, 0.15) is 32.7 Å². The van der Waals surface area contributed by atoms with Crippen molar-refractivity contribution in [2.24, 2.45) is 0 Å². The quantitative estimate of drug-likeness (QED) is 0.646. The highest BCUT2D eigenvalue weighted by molar-refractivity contribution is 6.10. The summed E-state index contributed by atoms with van der Waals surface area (Å²) in [5.41, 5.74) is 3.99. The Hall–Kier alpha value is -3.50. The number of morpholine rings is 1. The van der Waals surface area contributed by atoms with Gasteiger partial charge in [0.2, 0.25) is 0 Å². The van der Waals surface area contributed by atoms with E-state index in [-0.39, 0.29) is 17.9 Å². The van der Waals surface area contributed by atoms with Gasteiger partial charge in [-0.25, -0.2) is 9.50 Å². The number of fused-ring (bicyclic) bond motifs is 2. The van der Waals surface area contributed by atoms with Crippen LogP contribution in [0.25, 0.3) is 5.65 Å². The molecule has 0 aliphatic carbocycles. The minimum Gasteiger partial charge on any atom is -0.379 e. The van der Waals surface area contributed by atoms with E-state index in [0.717, 1.165) is 17.7 Å². The largest absolute Gasteiger partial charge is 0.379 e. The van der Waals surface area contributed by atoms with Gasteiger partial charge in [-0.05, 0) is 30.2 Å². The topological polar surface area (TPSA) is 101 Å². The van der Waals surface area contributed by atoms with Crippen molar-refractivity contribution in [1.82, 2.24) is 19.5 Å². The number of benzene rings is 1. The summed E-state index contributed by atoms with van der Waals surface area (Å²) in [6.07, 6.45) is 5.75. The van der Waals surface area contributed by atoms with E-state index in [1.807, 2.05) is 17.0 Å². The van der Waals surface area contributed by atoms with Crippen molar-refractivity contribution in [3.63, 3.8) is 0 Å². The fraction of sp³-hybridized carbons (Fsp3) is 0.391. The van der Waals surface area contributed by atoms with Crippen molar-refractivity contribution in [1.29, 1.82) is 0 Å². The van der Waals surface area contributed by atoms with E-state index in [4.69, 9.17) is 9.47 Å². The fourth-order valence-electron chi connectivity index (χ4n) is 4.78. The van der Waals surface area contributed by atoms with Crippen LogP contribution < -0.4 is 10.2 Å². The highest BCUT2D eigenvalue weighted by atomic mass is 16.5. The molecule has 3 aliphatic rings. The third-order valence-electron chi connectivity index (χ3n) is 6.52. The summed E-state index contributed by atoms with van der Waals surface area (Å²) in [6, 6.07) is 5.71. The van der Waals surface area contributed by atoms with Gasteiger partial charge in [-0.15, -0.1) is 0 Å². The summed E-state index contributed by atoms with van der Waals surface area (Å²) in [5, 5.41) is 7.28. The minimum atomic E-state index is -0.288. The van der Waals surface area contributed by atoms with Crippen molar-refractivity contribution >= 4 is 28.8 Å². The Morgan fingerprint density at radius 1 is 1.15 bits per heavy atom. The average Bonchev–Trinajstić information content (AvgIpc) is 3.58. The summed E-state index contributed by atoms with van der Waals surface area (Å²) < 4.78 is 12.6. The second-order valence-corrected chi connectivity index (χ2v) is 8.48. The van der Waals surface area contributed by atoms with Gasteiger partial charge in [-0.1, -0.05) is 0 Å². The minimum absolute atomic E-state index is 0.0275. The van der Waals surface area contributed by atoms with Crippen LogP contribution in [0.2, 0.25) is 0 Å². The fourth-order valence-corrected chi connectivity index (χ4v) is 4.78. The van der Waals surface area contributed by atoms with Gasteiger partial charge in [0.05, 0.1) is 43.4 Å². The molecule has 0 bridgehead atoms. The number of hydrogen-bond donors (Lipinski definition) is 1. The molecule has 5 heterocycles. The number of nitrogens with one attached hydrogen (secondary N) is 1. The summed E-state index contributed by atoms with van der Waals surface area (Å²) >= 11 is 0. The molecule has 10 nitrogen and oxygen atoms in total. The third-order valence-corrected chi connectivity index (χ3v) is 6.52. The van der Waals surface area contributed by atoms with Crippen molar-refractivity contribution in [3.05, 3.63) is 53.5 Å². The van der Waals surface area contributed by atoms with Gasteiger partial charge in [-0.3, -0.25) is 9.59 Å². The Kier molecular flexibility index (Phi) is 4.96. The van der Waals surface area contributed by atoms with Gasteiger partial charge < -0.3 is 24.6 Å². The third kappa shape index (κ3) is 3.51. The zero-order valence-corrected chi connectivity index (χ0v) is 18.1. The first-order valence-corrected chi connectivity index (χ1v) is 11.2. The van der Waals surface area contributed by atoms with Crippen molar-refractivity contribution in [2.45, 2.75) is 19.0 Å². The molecule has 0 unspecified atom stereocenters. The van der Waals surface area contributed by atoms with E-state index in [2.05, 4.69) is 20.3 Å². The Balaban J connectivity index is 1.36. The molecule has 0 radical (unpaired) electrons. The van der Waals surface area contributed by atoms with Gasteiger partial charge in [0.15, 0.2) is 5.65 Å². The number of rotatable bonds is 4. The van der Waals surface area contributed by atoms with Crippen LogP contribution in [0.4, 0.5) is 11.4 Å². The Labute approximate surface area is 190 Å². The molecule has 0 spiro atoms. The number of hydrogen-bond acceptors (Lipinski definition) is 7. The van der Waals surface area contributed by atoms with Crippen LogP contribution in [-0.2, 0) is 16.0 Å². The number of carbonyl (C=O) groups excluding carboxylic acids is 2. The smallest absolute Gasteiger partial charge is 0.261 e. The van der Waals surface area contributed by atoms with E-state index in [0.29, 0.717) is 68.5 Å². The number of anilines is 2. The molecule has 2 amide bonds. The normalized spacial score (nSPS) is 20.5. The lowest BCUT2D eigenvalue weighted by Gasteiger charge is -2.31. The average molecular weight is 448 g/mol. The molecule has 0 saturated carbocycles. The second-order valence-electron chi connectivity index (χ2n) is 8.48. The molecule has 3 aliphatic heterocycles. The molecule has 2 saturated heterocycles. The van der Waals surface area contributed by atoms with Gasteiger partial charge in [-0.2, -0.15) is 5.10 Å². The number of carbonyl (C=O) groups is 2. The van der Waals surface area contributed by atoms with Crippen molar-refractivity contribution < 1.29 is 19.1 Å². The van der Waals surface area contributed by atoms with Crippen LogP contribution >= 0.6 is 0 Å². The lowest BCUT2D eigenvalue weighted by molar-refractivity contribution is 0.0679. The highest BCUT2D eigenvalue weighted by Crippen LogP contribution is 2.36. The van der Waals surface area contributed by atoms with E-state index in [9.17, 15) is 9.59 Å². The maximum atomic E-state index is 13.2. The predicted octanol–water partition coefficient (Wildman–Crippen LogP) is 1.56. The molecule has 6 rings (SSSR count). The first-order valence-electron chi connectivity index (χ1n) is 11.2. The van der Waals surface area contributed by atoms with Gasteiger partial charge >= 0.3 is 0 Å². The highest BCUT2D eigenvalue weighted by Gasteiger charge is 2.36. The standard InChI is InChI=1S/C23H24N6O4/c30-22(18-12-25-29-4-1-3-24-21(18)29)26-19-10-15-13-28(16-2-7-33-14-16)23(31)17(15)11-20(19)27-5-8-32-9-6-27/h1,3-4,10-12,16H,2,5-9,13-14H2,(H,26,30)/t16-/m1/s1. The number of amides is 2. The van der Waals surface area contributed by atoms with Crippen molar-refractivity contribution in [3.8, 4) is 0 Å². The van der Waals surface area contributed by atoms with E-state index >= 15 is 0 Å². The van der Waals surface area contributed by atoms with E-state index in [1.54, 1.807) is 23.0 Å². The van der Waals surface area contributed by atoms with E-state index < -0.39 is 0 Å². The molecule has 1 N–H and O–H groups in total. The lowest BCUT2D eigenvalue weighted by Crippen LogP contribution is -2.37. The van der Waals surface area contributed by atoms with Gasteiger partial charge in [0, 0.05) is 44.2 Å². The predicted molar refractivity (Wildman–Crippen MR) is 120 cm³/mol. The molecule has 3 aromatic rings. The molecule has 2 fully saturated rings. The second kappa shape index (κ2) is 8.13. The number of ether oxygens (including phenoxy) is 2. The first-order chi connectivity index (χ1) is 16.2. The van der Waals surface area contributed by atoms with Gasteiger partial charge in [0.1, 0.15) is 5.56 Å². The van der Waals surface area contributed by atoms with Crippen LogP contribution in [0.3, 0.4) is 0 Å². The number of nitrogens with zero attached hydrogens (tertiary/aromatic N) is 5. The summed E-state index contributed by atoms with van der Waals surface area (Å²) in [4.78, 5) is 34.8. The Morgan fingerprint density at radius 3 is 2.85 bits per heavy atom. The van der Waals surface area contributed by atoms with Crippen LogP contribution in [0, 0.1) is 0 Å². The monoisotopic (exact) mass is 448 g/mol. The zero-order chi connectivity index (χ0) is 22.4. The summed E-state index contributed by atoms with van der Waals surface area (Å²) in [7, 11) is 0. The lowest BCUT2D eigenvalue weighted by atomic mass is 10.1. The zero-order valence-electron chi connectivity index (χ0n) is 18.1. The molecule has 1 atom stereocenters. The van der Waals surface area contributed by atoms with E-state index in [1.165, 1.54) is 6.20 Å². The van der Waals surface area contributed by atoms with Crippen LogP contribution in [0.15, 0.2) is 36.8 Å².